The predicted octanol–water partition coefficient (Wildman–Crippen LogP) is 4.82. The van der Waals surface area contributed by atoms with Crippen LogP contribution in [-0.2, 0) is 17.8 Å². The lowest BCUT2D eigenvalue weighted by molar-refractivity contribution is -0.120. The van der Waals surface area contributed by atoms with Gasteiger partial charge in [0.05, 0.1) is 12.1 Å². The largest absolute Gasteiger partial charge is 0.352 e. The van der Waals surface area contributed by atoms with E-state index in [2.05, 4.69) is 26.2 Å². The number of thiazole rings is 1. The maximum atomic E-state index is 12.9. The van der Waals surface area contributed by atoms with Crippen molar-refractivity contribution in [2.45, 2.75) is 13.0 Å². The van der Waals surface area contributed by atoms with Gasteiger partial charge in [0.25, 0.3) is 0 Å². The van der Waals surface area contributed by atoms with Crippen molar-refractivity contribution < 1.29 is 9.18 Å². The molecule has 0 fully saturated rings. The second-order valence-electron chi connectivity index (χ2n) is 6.10. The van der Waals surface area contributed by atoms with Crippen LogP contribution in [-0.4, -0.2) is 15.3 Å². The van der Waals surface area contributed by atoms with E-state index in [0.29, 0.717) is 6.54 Å². The van der Waals surface area contributed by atoms with E-state index in [0.717, 1.165) is 31.9 Å². The molecule has 0 saturated heterocycles. The molecule has 2 aromatic carbocycles. The molecule has 0 saturated carbocycles. The van der Waals surface area contributed by atoms with E-state index < -0.39 is 0 Å². The number of imidazole rings is 1. The highest BCUT2D eigenvalue weighted by Gasteiger charge is 2.12. The molecule has 0 unspecified atom stereocenters. The molecular formula is C20H15BrFN3OS. The Morgan fingerprint density at radius 3 is 2.81 bits per heavy atom. The summed E-state index contributed by atoms with van der Waals surface area (Å²) in [6.45, 7) is 0.375. The molecule has 1 amide bonds. The summed E-state index contributed by atoms with van der Waals surface area (Å²) in [4.78, 5) is 17.8. The zero-order chi connectivity index (χ0) is 18.8. The number of hydrogen-bond acceptors (Lipinski definition) is 3. The summed E-state index contributed by atoms with van der Waals surface area (Å²) in [5.41, 5.74) is 3.64. The van der Waals surface area contributed by atoms with E-state index in [-0.39, 0.29) is 18.1 Å². The van der Waals surface area contributed by atoms with Crippen LogP contribution in [0.1, 0.15) is 11.3 Å². The van der Waals surface area contributed by atoms with Crippen molar-refractivity contribution in [1.82, 2.24) is 14.7 Å². The highest BCUT2D eigenvalue weighted by molar-refractivity contribution is 9.10. The van der Waals surface area contributed by atoms with Gasteiger partial charge in [-0.25, -0.2) is 9.37 Å². The molecule has 0 bridgehead atoms. The zero-order valence-corrected chi connectivity index (χ0v) is 16.6. The Bertz CT molecular complexity index is 1100. The lowest BCUT2D eigenvalue weighted by Crippen LogP contribution is -2.24. The van der Waals surface area contributed by atoms with Crippen LogP contribution in [0.5, 0.6) is 0 Å². The van der Waals surface area contributed by atoms with Crippen molar-refractivity contribution in [3.63, 3.8) is 0 Å². The van der Waals surface area contributed by atoms with Crippen molar-refractivity contribution in [3.8, 4) is 11.3 Å². The molecule has 7 heteroatoms. The van der Waals surface area contributed by atoms with Crippen molar-refractivity contribution >= 4 is 38.1 Å². The first-order chi connectivity index (χ1) is 13.1. The second-order valence-corrected chi connectivity index (χ2v) is 7.85. The normalized spacial score (nSPS) is 11.0. The minimum absolute atomic E-state index is 0.0864. The van der Waals surface area contributed by atoms with Gasteiger partial charge in [0, 0.05) is 33.9 Å². The molecule has 4 aromatic rings. The van der Waals surface area contributed by atoms with E-state index in [1.165, 1.54) is 23.5 Å². The monoisotopic (exact) mass is 443 g/mol. The Labute approximate surface area is 167 Å². The maximum Gasteiger partial charge on any atom is 0.226 e. The van der Waals surface area contributed by atoms with Gasteiger partial charge in [0.2, 0.25) is 5.91 Å². The highest BCUT2D eigenvalue weighted by Crippen LogP contribution is 2.25. The lowest BCUT2D eigenvalue weighted by atomic mass is 10.2. The minimum Gasteiger partial charge on any atom is -0.352 e. The van der Waals surface area contributed by atoms with Gasteiger partial charge in [-0.15, -0.1) is 11.3 Å². The van der Waals surface area contributed by atoms with Crippen molar-refractivity contribution in [1.29, 1.82) is 0 Å². The Hall–Kier alpha value is -2.51. The van der Waals surface area contributed by atoms with Crippen LogP contribution in [0.2, 0.25) is 0 Å². The number of hydrogen-bond donors (Lipinski definition) is 1. The smallest absolute Gasteiger partial charge is 0.226 e. The quantitative estimate of drug-likeness (QED) is 0.480. The Kier molecular flexibility index (Phi) is 5.05. The van der Waals surface area contributed by atoms with Crippen LogP contribution < -0.4 is 5.32 Å². The van der Waals surface area contributed by atoms with Crippen molar-refractivity contribution in [2.75, 3.05) is 0 Å². The summed E-state index contributed by atoms with van der Waals surface area (Å²) in [5.74, 6) is -0.371. The van der Waals surface area contributed by atoms with Gasteiger partial charge in [-0.2, -0.15) is 0 Å². The standard InChI is InChI=1S/C20H15BrFN3OS/c21-15-3-1-2-14(8-15)18-11-25-17(12-27-20(25)24-18)9-19(26)23-10-13-4-6-16(22)7-5-13/h1-8,11-12H,9-10H2,(H,23,26). The van der Waals surface area contributed by atoms with Gasteiger partial charge in [-0.05, 0) is 29.8 Å². The van der Waals surface area contributed by atoms with Crippen molar-refractivity contribution in [2.24, 2.45) is 0 Å². The number of fused-ring (bicyclic) bond motifs is 1. The van der Waals surface area contributed by atoms with Gasteiger partial charge in [0.1, 0.15) is 5.82 Å². The number of carbonyl (C=O) groups is 1. The van der Waals surface area contributed by atoms with Crippen LogP contribution in [0.3, 0.4) is 0 Å². The SMILES string of the molecule is O=C(Cc1csc2nc(-c3cccc(Br)c3)cn12)NCc1ccc(F)cc1. The minimum atomic E-state index is -0.285. The topological polar surface area (TPSA) is 46.4 Å². The molecule has 4 rings (SSSR count). The van der Waals surface area contributed by atoms with Crippen molar-refractivity contribution in [3.05, 3.63) is 81.7 Å². The average Bonchev–Trinajstić information content (AvgIpc) is 3.23. The number of carbonyl (C=O) groups excluding carboxylic acids is 1. The van der Waals surface area contributed by atoms with Crippen LogP contribution in [0.15, 0.2) is 64.6 Å². The Balaban J connectivity index is 1.47. The zero-order valence-electron chi connectivity index (χ0n) is 14.2. The molecule has 2 heterocycles. The average molecular weight is 444 g/mol. The maximum absolute atomic E-state index is 12.9. The van der Waals surface area contributed by atoms with Gasteiger partial charge < -0.3 is 5.32 Å². The Morgan fingerprint density at radius 1 is 1.22 bits per heavy atom. The van der Waals surface area contributed by atoms with E-state index in [9.17, 15) is 9.18 Å². The first kappa shape index (κ1) is 17.9. The molecular weight excluding hydrogens is 429 g/mol. The second kappa shape index (κ2) is 7.62. The van der Waals surface area contributed by atoms with E-state index in [1.807, 2.05) is 40.2 Å². The third-order valence-electron chi connectivity index (χ3n) is 4.15. The molecule has 4 nitrogen and oxygen atoms in total. The van der Waals surface area contributed by atoms with Gasteiger partial charge >= 0.3 is 0 Å². The third kappa shape index (κ3) is 4.09. The first-order valence-electron chi connectivity index (χ1n) is 8.31. The van der Waals surface area contributed by atoms with Gasteiger partial charge in [0.15, 0.2) is 4.96 Å². The van der Waals surface area contributed by atoms with Crippen LogP contribution in [0.4, 0.5) is 4.39 Å². The number of halogens is 2. The fourth-order valence-corrected chi connectivity index (χ4v) is 4.05. The summed E-state index contributed by atoms with van der Waals surface area (Å²) in [6, 6.07) is 14.1. The predicted molar refractivity (Wildman–Crippen MR) is 108 cm³/mol. The lowest BCUT2D eigenvalue weighted by Gasteiger charge is -2.05. The van der Waals surface area contributed by atoms with E-state index in [1.54, 1.807) is 12.1 Å². The number of rotatable bonds is 5. The van der Waals surface area contributed by atoms with Gasteiger partial charge in [-0.1, -0.05) is 40.2 Å². The van der Waals surface area contributed by atoms with Crippen LogP contribution >= 0.6 is 27.3 Å². The fraction of sp³-hybridized carbons (Fsp3) is 0.100. The molecule has 0 atom stereocenters. The summed E-state index contributed by atoms with van der Waals surface area (Å²) in [5, 5.41) is 4.82. The van der Waals surface area contributed by atoms with Gasteiger partial charge in [-0.3, -0.25) is 9.20 Å². The Morgan fingerprint density at radius 2 is 2.04 bits per heavy atom. The molecule has 0 aliphatic rings. The number of nitrogens with zero attached hydrogens (tertiary/aromatic N) is 2. The molecule has 0 aliphatic carbocycles. The fourth-order valence-electron chi connectivity index (χ4n) is 2.77. The first-order valence-corrected chi connectivity index (χ1v) is 9.98. The summed E-state index contributed by atoms with van der Waals surface area (Å²) in [6.07, 6.45) is 2.21. The summed E-state index contributed by atoms with van der Waals surface area (Å²) in [7, 11) is 0. The number of benzene rings is 2. The number of amides is 1. The van der Waals surface area contributed by atoms with E-state index in [4.69, 9.17) is 0 Å². The summed E-state index contributed by atoms with van der Waals surface area (Å²) >= 11 is 4.99. The highest BCUT2D eigenvalue weighted by atomic mass is 79.9. The number of nitrogens with one attached hydrogen (secondary N) is 1. The molecule has 0 radical (unpaired) electrons. The molecule has 0 aliphatic heterocycles. The van der Waals surface area contributed by atoms with E-state index >= 15 is 0 Å². The molecule has 0 spiro atoms. The van der Waals surface area contributed by atoms with Crippen LogP contribution in [0, 0.1) is 5.82 Å². The number of aromatic nitrogens is 2. The molecule has 27 heavy (non-hydrogen) atoms. The molecule has 136 valence electrons. The molecule has 1 N–H and O–H groups in total. The summed E-state index contributed by atoms with van der Waals surface area (Å²) < 4.78 is 15.9. The molecule has 2 aromatic heterocycles. The third-order valence-corrected chi connectivity index (χ3v) is 5.53. The van der Waals surface area contributed by atoms with Crippen LogP contribution in [0.25, 0.3) is 16.2 Å².